The van der Waals surface area contributed by atoms with Crippen molar-refractivity contribution < 1.29 is 4.74 Å². The van der Waals surface area contributed by atoms with E-state index in [1.165, 1.54) is 0 Å². The predicted octanol–water partition coefficient (Wildman–Crippen LogP) is 1.25. The molecule has 1 heterocycles. The minimum Gasteiger partial charge on any atom is -0.479 e. The van der Waals surface area contributed by atoms with Crippen LogP contribution in [0.3, 0.4) is 0 Å². The fourth-order valence-electron chi connectivity index (χ4n) is 0.855. The van der Waals surface area contributed by atoms with Gasteiger partial charge in [-0.25, -0.2) is 0 Å². The Labute approximate surface area is 55.9 Å². The quantitative estimate of drug-likeness (QED) is 0.602. The Kier molecular flexibility index (Phi) is 2.43. The van der Waals surface area contributed by atoms with Crippen LogP contribution in [0.15, 0.2) is 12.0 Å². The molecule has 1 rings (SSSR count). The van der Waals surface area contributed by atoms with Crippen molar-refractivity contribution in [2.45, 2.75) is 19.8 Å². The maximum atomic E-state index is 5.27. The van der Waals surface area contributed by atoms with Gasteiger partial charge < -0.3 is 10.1 Å². The summed E-state index contributed by atoms with van der Waals surface area (Å²) in [6.07, 6.45) is 4.42. The molecule has 0 amide bonds. The Bertz CT molecular complexity index is 109. The van der Waals surface area contributed by atoms with E-state index in [4.69, 9.17) is 4.74 Å². The van der Waals surface area contributed by atoms with Crippen LogP contribution in [0.4, 0.5) is 0 Å². The summed E-state index contributed by atoms with van der Waals surface area (Å²) in [6, 6.07) is 0. The first-order chi connectivity index (χ1) is 4.43. The number of hydrogen-bond acceptors (Lipinski definition) is 2. The summed E-state index contributed by atoms with van der Waals surface area (Å²) in [5.41, 5.74) is 0. The standard InChI is InChI=1S/C7H13NO/c1-2-8-7-5-3-4-6-9-7/h5,8H,2-4,6H2,1H3. The van der Waals surface area contributed by atoms with Gasteiger partial charge in [0.2, 0.25) is 0 Å². The molecule has 2 nitrogen and oxygen atoms in total. The summed E-state index contributed by atoms with van der Waals surface area (Å²) in [4.78, 5) is 0. The zero-order chi connectivity index (χ0) is 6.53. The number of hydrogen-bond donors (Lipinski definition) is 1. The number of nitrogens with one attached hydrogen (secondary N) is 1. The molecule has 9 heavy (non-hydrogen) atoms. The fourth-order valence-corrected chi connectivity index (χ4v) is 0.855. The highest BCUT2D eigenvalue weighted by Crippen LogP contribution is 2.05. The van der Waals surface area contributed by atoms with Crippen molar-refractivity contribution in [3.8, 4) is 0 Å². The number of ether oxygens (including phenoxy) is 1. The van der Waals surface area contributed by atoms with Gasteiger partial charge in [0, 0.05) is 6.54 Å². The Morgan fingerprint density at radius 2 is 2.67 bits per heavy atom. The van der Waals surface area contributed by atoms with E-state index in [9.17, 15) is 0 Å². The lowest BCUT2D eigenvalue weighted by molar-refractivity contribution is 0.174. The maximum absolute atomic E-state index is 5.27. The molecule has 0 unspecified atom stereocenters. The topological polar surface area (TPSA) is 21.3 Å². The van der Waals surface area contributed by atoms with Crippen LogP contribution in [-0.4, -0.2) is 13.2 Å². The molecule has 1 aliphatic rings. The molecule has 0 aromatic carbocycles. The van der Waals surface area contributed by atoms with Crippen LogP contribution >= 0.6 is 0 Å². The highest BCUT2D eigenvalue weighted by Gasteiger charge is 2.00. The second kappa shape index (κ2) is 3.38. The largest absolute Gasteiger partial charge is 0.479 e. The first kappa shape index (κ1) is 6.46. The van der Waals surface area contributed by atoms with Crippen molar-refractivity contribution >= 4 is 0 Å². The van der Waals surface area contributed by atoms with Gasteiger partial charge in [0.1, 0.15) is 0 Å². The molecule has 0 radical (unpaired) electrons. The monoisotopic (exact) mass is 127 g/mol. The van der Waals surface area contributed by atoms with Crippen molar-refractivity contribution in [1.82, 2.24) is 5.32 Å². The van der Waals surface area contributed by atoms with E-state index in [0.717, 1.165) is 31.9 Å². The molecule has 0 bridgehead atoms. The van der Waals surface area contributed by atoms with Crippen LogP contribution in [0.5, 0.6) is 0 Å². The van der Waals surface area contributed by atoms with Crippen LogP contribution in [-0.2, 0) is 4.74 Å². The van der Waals surface area contributed by atoms with Crippen molar-refractivity contribution in [2.75, 3.05) is 13.2 Å². The third kappa shape index (κ3) is 1.96. The smallest absolute Gasteiger partial charge is 0.182 e. The van der Waals surface area contributed by atoms with Crippen molar-refractivity contribution in [1.29, 1.82) is 0 Å². The second-order valence-electron chi connectivity index (χ2n) is 2.09. The highest BCUT2D eigenvalue weighted by atomic mass is 16.5. The van der Waals surface area contributed by atoms with Crippen LogP contribution in [0.25, 0.3) is 0 Å². The third-order valence-electron chi connectivity index (χ3n) is 1.29. The molecule has 2 heteroatoms. The first-order valence-corrected chi connectivity index (χ1v) is 3.50. The summed E-state index contributed by atoms with van der Waals surface area (Å²) >= 11 is 0. The molecule has 0 aromatic heterocycles. The summed E-state index contributed by atoms with van der Waals surface area (Å²) in [5, 5.41) is 3.12. The van der Waals surface area contributed by atoms with Crippen LogP contribution in [0.1, 0.15) is 19.8 Å². The van der Waals surface area contributed by atoms with E-state index in [1.807, 2.05) is 0 Å². The summed E-state index contributed by atoms with van der Waals surface area (Å²) in [6.45, 7) is 3.89. The number of rotatable bonds is 2. The van der Waals surface area contributed by atoms with Crippen molar-refractivity contribution in [3.63, 3.8) is 0 Å². The third-order valence-corrected chi connectivity index (χ3v) is 1.29. The molecule has 0 atom stereocenters. The summed E-state index contributed by atoms with van der Waals surface area (Å²) in [5.74, 6) is 0.962. The zero-order valence-electron chi connectivity index (χ0n) is 5.81. The molecular formula is C7H13NO. The van der Waals surface area contributed by atoms with Gasteiger partial charge in [-0.05, 0) is 25.8 Å². The summed E-state index contributed by atoms with van der Waals surface area (Å²) < 4.78 is 5.27. The minimum absolute atomic E-state index is 0.874. The van der Waals surface area contributed by atoms with Gasteiger partial charge in [0.25, 0.3) is 0 Å². The van der Waals surface area contributed by atoms with Gasteiger partial charge in [-0.3, -0.25) is 0 Å². The lowest BCUT2D eigenvalue weighted by Crippen LogP contribution is -2.17. The van der Waals surface area contributed by atoms with Gasteiger partial charge in [-0.15, -0.1) is 0 Å². The van der Waals surface area contributed by atoms with E-state index >= 15 is 0 Å². The van der Waals surface area contributed by atoms with E-state index in [-0.39, 0.29) is 0 Å². The Balaban J connectivity index is 2.28. The van der Waals surface area contributed by atoms with E-state index in [0.29, 0.717) is 0 Å². The molecule has 0 spiro atoms. The predicted molar refractivity (Wildman–Crippen MR) is 36.9 cm³/mol. The average Bonchev–Trinajstić information content (AvgIpc) is 1.91. The van der Waals surface area contributed by atoms with E-state index < -0.39 is 0 Å². The van der Waals surface area contributed by atoms with Crippen LogP contribution < -0.4 is 5.32 Å². The molecule has 52 valence electrons. The second-order valence-corrected chi connectivity index (χ2v) is 2.09. The lowest BCUT2D eigenvalue weighted by atomic mass is 10.3. The van der Waals surface area contributed by atoms with Crippen molar-refractivity contribution in [3.05, 3.63) is 12.0 Å². The van der Waals surface area contributed by atoms with Gasteiger partial charge in [0.05, 0.1) is 6.61 Å². The van der Waals surface area contributed by atoms with Gasteiger partial charge in [-0.1, -0.05) is 0 Å². The highest BCUT2D eigenvalue weighted by molar-refractivity contribution is 4.92. The molecule has 0 fully saturated rings. The Hall–Kier alpha value is -0.660. The molecule has 0 saturated heterocycles. The first-order valence-electron chi connectivity index (χ1n) is 3.50. The zero-order valence-corrected chi connectivity index (χ0v) is 5.81. The number of allylic oxidation sites excluding steroid dienone is 1. The lowest BCUT2D eigenvalue weighted by Gasteiger charge is -2.14. The van der Waals surface area contributed by atoms with Gasteiger partial charge in [0.15, 0.2) is 5.88 Å². The molecule has 0 aromatic rings. The molecule has 1 aliphatic heterocycles. The normalized spacial score (nSPS) is 18.1. The minimum atomic E-state index is 0.874. The molecule has 0 saturated carbocycles. The Morgan fingerprint density at radius 3 is 3.22 bits per heavy atom. The summed E-state index contributed by atoms with van der Waals surface area (Å²) in [7, 11) is 0. The molecule has 0 aliphatic carbocycles. The molecular weight excluding hydrogens is 114 g/mol. The average molecular weight is 127 g/mol. The van der Waals surface area contributed by atoms with E-state index in [1.54, 1.807) is 0 Å². The van der Waals surface area contributed by atoms with Crippen LogP contribution in [0.2, 0.25) is 0 Å². The van der Waals surface area contributed by atoms with Gasteiger partial charge >= 0.3 is 0 Å². The SMILES string of the molecule is CCNC1=CCCCO1. The fraction of sp³-hybridized carbons (Fsp3) is 0.714. The maximum Gasteiger partial charge on any atom is 0.182 e. The molecule has 1 N–H and O–H groups in total. The van der Waals surface area contributed by atoms with Crippen molar-refractivity contribution in [2.24, 2.45) is 0 Å². The van der Waals surface area contributed by atoms with E-state index in [2.05, 4.69) is 18.3 Å². The van der Waals surface area contributed by atoms with Gasteiger partial charge in [-0.2, -0.15) is 0 Å². The van der Waals surface area contributed by atoms with Crippen LogP contribution in [0, 0.1) is 0 Å². The Morgan fingerprint density at radius 1 is 1.78 bits per heavy atom.